The molecule has 5 rings (SSSR count). The summed E-state index contributed by atoms with van der Waals surface area (Å²) in [5, 5.41) is 9.33. The molecule has 2 aromatic heterocycles. The van der Waals surface area contributed by atoms with E-state index in [1.807, 2.05) is 39.4 Å². The third-order valence-corrected chi connectivity index (χ3v) is 7.19. The number of hydrogen-bond acceptors (Lipinski definition) is 7. The molecule has 0 bridgehead atoms. The van der Waals surface area contributed by atoms with Crippen LogP contribution >= 0.6 is 32.6 Å². The lowest BCUT2D eigenvalue weighted by Crippen LogP contribution is -2.49. The number of pyridine rings is 1. The molecule has 1 aromatic carbocycles. The van der Waals surface area contributed by atoms with Crippen molar-refractivity contribution in [1.82, 2.24) is 25.0 Å². The molecule has 2 aliphatic rings. The SMILES string of the molecule is COc1cc(N2CCN(C(=O)Cn3nc(C4=NI=CN4)c4cccnc43)CC2)ccc1Cl. The Morgan fingerprint density at radius 3 is 2.84 bits per heavy atom. The number of fused-ring (bicyclic) bond motifs is 1. The second-order valence-corrected chi connectivity index (χ2v) is 9.42. The van der Waals surface area contributed by atoms with E-state index in [0.29, 0.717) is 29.5 Å². The molecule has 0 spiro atoms. The number of benzene rings is 1. The van der Waals surface area contributed by atoms with Crippen LogP contribution in [0.15, 0.2) is 39.7 Å². The van der Waals surface area contributed by atoms with Crippen molar-refractivity contribution in [3.8, 4) is 5.75 Å². The monoisotopic (exact) mass is 565 g/mol. The minimum Gasteiger partial charge on any atom is -0.495 e. The lowest BCUT2D eigenvalue weighted by molar-refractivity contribution is -0.132. The van der Waals surface area contributed by atoms with E-state index in [4.69, 9.17) is 16.3 Å². The minimum atomic E-state index is -0.341. The first-order chi connectivity index (χ1) is 15.6. The maximum Gasteiger partial charge on any atom is 0.244 e. The molecule has 2 aliphatic heterocycles. The molecule has 1 fully saturated rings. The number of ether oxygens (including phenoxy) is 1. The Kier molecular flexibility index (Phi) is 5.96. The molecule has 0 radical (unpaired) electrons. The lowest BCUT2D eigenvalue weighted by Gasteiger charge is -2.36. The van der Waals surface area contributed by atoms with E-state index >= 15 is 0 Å². The number of anilines is 1. The predicted octanol–water partition coefficient (Wildman–Crippen LogP) is 2.44. The molecule has 0 unspecified atom stereocenters. The predicted molar refractivity (Wildman–Crippen MR) is 134 cm³/mol. The second-order valence-electron chi connectivity index (χ2n) is 7.35. The summed E-state index contributed by atoms with van der Waals surface area (Å²) in [7, 11) is 1.61. The van der Waals surface area contributed by atoms with Gasteiger partial charge in [0.2, 0.25) is 5.91 Å². The molecule has 0 aliphatic carbocycles. The summed E-state index contributed by atoms with van der Waals surface area (Å²) in [6, 6.07) is 9.59. The van der Waals surface area contributed by atoms with E-state index < -0.39 is 0 Å². The number of piperazine rings is 1. The average molecular weight is 566 g/mol. The van der Waals surface area contributed by atoms with Crippen LogP contribution in [0.25, 0.3) is 11.0 Å². The normalized spacial score (nSPS) is 16.0. The van der Waals surface area contributed by atoms with Crippen LogP contribution < -0.4 is 15.0 Å². The Morgan fingerprint density at radius 1 is 1.25 bits per heavy atom. The molecule has 3 aromatic rings. The minimum absolute atomic E-state index is 0.0280. The average Bonchev–Trinajstić information content (AvgIpc) is 3.48. The number of carbonyl (C=O) groups excluding carboxylic acids is 1. The molecule has 4 heterocycles. The van der Waals surface area contributed by atoms with Crippen LogP contribution in [0.1, 0.15) is 5.69 Å². The van der Waals surface area contributed by atoms with Crippen molar-refractivity contribution < 1.29 is 9.53 Å². The third-order valence-electron chi connectivity index (χ3n) is 5.52. The number of carbonyl (C=O) groups is 1. The van der Waals surface area contributed by atoms with Crippen molar-refractivity contribution in [2.75, 3.05) is 38.2 Å². The van der Waals surface area contributed by atoms with Gasteiger partial charge in [0.1, 0.15) is 18.0 Å². The number of rotatable bonds is 5. The zero-order chi connectivity index (χ0) is 22.1. The lowest BCUT2D eigenvalue weighted by atomic mass is 10.2. The number of hydrogen-bond donors (Lipinski definition) is 1. The summed E-state index contributed by atoms with van der Waals surface area (Å²) < 4.78 is 13.5. The van der Waals surface area contributed by atoms with Crippen LogP contribution in [0.5, 0.6) is 5.75 Å². The van der Waals surface area contributed by atoms with Crippen molar-refractivity contribution in [3.63, 3.8) is 0 Å². The summed E-state index contributed by atoms with van der Waals surface area (Å²) in [6.45, 7) is 2.89. The van der Waals surface area contributed by atoms with Crippen LogP contribution in [0.4, 0.5) is 5.69 Å². The van der Waals surface area contributed by atoms with Crippen LogP contribution in [-0.4, -0.2) is 68.8 Å². The van der Waals surface area contributed by atoms with Crippen molar-refractivity contribution in [2.24, 2.45) is 3.21 Å². The Hall–Kier alpha value is -2.73. The van der Waals surface area contributed by atoms with Gasteiger partial charge < -0.3 is 19.9 Å². The number of halogens is 2. The van der Waals surface area contributed by atoms with Gasteiger partial charge in [0, 0.05) is 65.1 Å². The number of nitrogens with one attached hydrogen (secondary N) is 1. The second kappa shape index (κ2) is 9.02. The van der Waals surface area contributed by atoms with E-state index in [2.05, 4.69) is 23.5 Å². The number of aromatic nitrogens is 3. The van der Waals surface area contributed by atoms with Gasteiger partial charge in [0.25, 0.3) is 0 Å². The maximum absolute atomic E-state index is 13.1. The number of nitrogens with zero attached hydrogens (tertiary/aromatic N) is 6. The third kappa shape index (κ3) is 4.04. The van der Waals surface area contributed by atoms with E-state index in [1.165, 1.54) is 0 Å². The smallest absolute Gasteiger partial charge is 0.244 e. The summed E-state index contributed by atoms with van der Waals surface area (Å²) in [4.78, 5) is 21.6. The molecule has 0 atom stereocenters. The fourth-order valence-electron chi connectivity index (χ4n) is 3.86. The van der Waals surface area contributed by atoms with Crippen LogP contribution in [0.3, 0.4) is 0 Å². The molecule has 1 N–H and O–H groups in total. The van der Waals surface area contributed by atoms with Crippen molar-refractivity contribution >= 4 is 65.2 Å². The topological polar surface area (TPSA) is 87.9 Å². The Balaban J connectivity index is 1.28. The molecule has 166 valence electrons. The Labute approximate surface area is 200 Å². The Bertz CT molecular complexity index is 1230. The quantitative estimate of drug-likeness (QED) is 0.479. The van der Waals surface area contributed by atoms with E-state index in [1.54, 1.807) is 18.0 Å². The molecule has 1 saturated heterocycles. The van der Waals surface area contributed by atoms with Crippen LogP contribution in [-0.2, 0) is 11.3 Å². The van der Waals surface area contributed by atoms with Gasteiger partial charge in [-0.1, -0.05) is 11.6 Å². The van der Waals surface area contributed by atoms with Gasteiger partial charge in [-0.15, -0.1) is 0 Å². The van der Waals surface area contributed by atoms with Crippen molar-refractivity contribution in [1.29, 1.82) is 0 Å². The van der Waals surface area contributed by atoms with Gasteiger partial charge in [0.05, 0.1) is 21.7 Å². The highest BCUT2D eigenvalue weighted by molar-refractivity contribution is 14.2. The molecule has 32 heavy (non-hydrogen) atoms. The van der Waals surface area contributed by atoms with Gasteiger partial charge in [-0.3, -0.25) is 4.79 Å². The standard InChI is InChI=1S/C21H21ClIN7O2/c1-32-17-11-14(4-5-16(17)22)28-7-9-29(10-8-28)18(31)12-30-21-15(3-2-6-24-21)19(27-30)20-25-13-23-26-20/h2-6,11,13H,7-10,12H2,1H3,(H,25,26). The maximum atomic E-state index is 13.1. The van der Waals surface area contributed by atoms with Crippen molar-refractivity contribution in [2.45, 2.75) is 6.54 Å². The zero-order valence-electron chi connectivity index (χ0n) is 17.3. The van der Waals surface area contributed by atoms with Gasteiger partial charge in [-0.25, -0.2) is 12.9 Å². The zero-order valence-corrected chi connectivity index (χ0v) is 20.2. The molecule has 9 nitrogen and oxygen atoms in total. The summed E-state index contributed by atoms with van der Waals surface area (Å²) in [5.41, 5.74) is 2.47. The van der Waals surface area contributed by atoms with Gasteiger partial charge in [0.15, 0.2) is 11.5 Å². The van der Waals surface area contributed by atoms with E-state index in [-0.39, 0.29) is 33.5 Å². The summed E-state index contributed by atoms with van der Waals surface area (Å²) >= 11 is 5.80. The summed E-state index contributed by atoms with van der Waals surface area (Å²) in [5.74, 6) is 1.44. The first kappa shape index (κ1) is 21.1. The van der Waals surface area contributed by atoms with Crippen LogP contribution in [0, 0.1) is 0 Å². The largest absolute Gasteiger partial charge is 0.495 e. The van der Waals surface area contributed by atoms with Crippen molar-refractivity contribution in [3.05, 3.63) is 47.2 Å². The highest BCUT2D eigenvalue weighted by Gasteiger charge is 2.24. The molecular weight excluding hydrogens is 545 g/mol. The molecular formula is C21H21ClIN7O2. The molecule has 1 amide bonds. The fraction of sp³-hybridized carbons (Fsp3) is 0.286. The van der Waals surface area contributed by atoms with Crippen LogP contribution in [0.2, 0.25) is 5.02 Å². The number of amidine groups is 1. The van der Waals surface area contributed by atoms with Gasteiger partial charge in [-0.05, 0) is 24.3 Å². The van der Waals surface area contributed by atoms with E-state index in [0.717, 1.165) is 35.7 Å². The van der Waals surface area contributed by atoms with Gasteiger partial charge in [-0.2, -0.15) is 5.10 Å². The first-order valence-electron chi connectivity index (χ1n) is 10.1. The highest BCUT2D eigenvalue weighted by atomic mass is 127. The van der Waals surface area contributed by atoms with E-state index in [9.17, 15) is 4.79 Å². The molecule has 0 saturated carbocycles. The highest BCUT2D eigenvalue weighted by Crippen LogP contribution is 2.30. The molecule has 11 heteroatoms. The Morgan fingerprint density at radius 2 is 2.09 bits per heavy atom. The fourth-order valence-corrected chi connectivity index (χ4v) is 5.28. The number of amides is 1. The summed E-state index contributed by atoms with van der Waals surface area (Å²) in [6.07, 6.45) is 1.72. The first-order valence-corrected chi connectivity index (χ1v) is 12.7. The van der Waals surface area contributed by atoms with Gasteiger partial charge >= 0.3 is 0 Å². The number of methoxy groups -OCH3 is 1.